The molecule has 0 spiro atoms. The number of anilines is 1. The minimum atomic E-state index is -0.437. The lowest BCUT2D eigenvalue weighted by molar-refractivity contribution is 0.643. The number of pyridine rings is 1. The van der Waals surface area contributed by atoms with E-state index < -0.39 is 5.82 Å². The average Bonchev–Trinajstić information content (AvgIpc) is 2.67. The molecule has 0 aliphatic carbocycles. The van der Waals surface area contributed by atoms with Crippen LogP contribution in [0.15, 0.2) is 54.9 Å². The Hall–Kier alpha value is -2.76. The standard InChI is InChI=1S/C20H13Cl2FN4/c1-24-20-17-16(26-19(27-20)11-3-2-6-25-10-11)5-4-15(18(17)23)12-7-13(21)9-14(22)8-12/h2-10H,1H3,(H,24,26,27). The summed E-state index contributed by atoms with van der Waals surface area (Å²) >= 11 is 12.1. The largest absolute Gasteiger partial charge is 0.372 e. The number of nitrogens with zero attached hydrogens (tertiary/aromatic N) is 3. The molecule has 2 aromatic heterocycles. The maximum atomic E-state index is 15.4. The van der Waals surface area contributed by atoms with Crippen LogP contribution >= 0.6 is 23.2 Å². The number of rotatable bonds is 3. The van der Waals surface area contributed by atoms with Crippen molar-refractivity contribution in [3.63, 3.8) is 0 Å². The third-order valence-corrected chi connectivity index (χ3v) is 4.57. The number of fused-ring (bicyclic) bond motifs is 1. The Morgan fingerprint density at radius 3 is 2.41 bits per heavy atom. The van der Waals surface area contributed by atoms with E-state index in [4.69, 9.17) is 23.2 Å². The summed E-state index contributed by atoms with van der Waals surface area (Å²) in [5.74, 6) is 0.428. The van der Waals surface area contributed by atoms with Gasteiger partial charge in [-0.1, -0.05) is 23.2 Å². The number of halogens is 3. The van der Waals surface area contributed by atoms with Crippen LogP contribution in [0.1, 0.15) is 0 Å². The predicted octanol–water partition coefficient (Wildman–Crippen LogP) is 5.85. The van der Waals surface area contributed by atoms with Crippen LogP contribution in [-0.4, -0.2) is 22.0 Å². The summed E-state index contributed by atoms with van der Waals surface area (Å²) in [4.78, 5) is 13.1. The highest BCUT2D eigenvalue weighted by Crippen LogP contribution is 2.35. The molecule has 0 radical (unpaired) electrons. The van der Waals surface area contributed by atoms with Crippen molar-refractivity contribution in [3.05, 3.63) is 70.7 Å². The van der Waals surface area contributed by atoms with Gasteiger partial charge in [-0.05, 0) is 48.0 Å². The lowest BCUT2D eigenvalue weighted by Crippen LogP contribution is -2.01. The summed E-state index contributed by atoms with van der Waals surface area (Å²) in [5, 5.41) is 4.14. The molecule has 0 fully saturated rings. The summed E-state index contributed by atoms with van der Waals surface area (Å²) in [6.07, 6.45) is 3.34. The van der Waals surface area contributed by atoms with Crippen LogP contribution in [0.5, 0.6) is 0 Å². The molecule has 1 N–H and O–H groups in total. The Kier molecular flexibility index (Phi) is 4.64. The molecule has 0 saturated carbocycles. The van der Waals surface area contributed by atoms with Crippen molar-refractivity contribution < 1.29 is 4.39 Å². The van der Waals surface area contributed by atoms with Gasteiger partial charge in [0.05, 0.1) is 10.9 Å². The second kappa shape index (κ2) is 7.10. The highest BCUT2D eigenvalue weighted by Gasteiger charge is 2.17. The molecule has 2 aromatic carbocycles. The summed E-state index contributed by atoms with van der Waals surface area (Å²) in [7, 11) is 1.69. The first-order chi connectivity index (χ1) is 13.1. The molecular weight excluding hydrogens is 386 g/mol. The van der Waals surface area contributed by atoms with Crippen molar-refractivity contribution >= 4 is 39.9 Å². The molecule has 4 rings (SSSR count). The number of aromatic nitrogens is 3. The zero-order valence-electron chi connectivity index (χ0n) is 14.2. The molecular formula is C20H13Cl2FN4. The van der Waals surface area contributed by atoms with Gasteiger partial charge in [-0.25, -0.2) is 14.4 Å². The van der Waals surface area contributed by atoms with Gasteiger partial charge in [0.1, 0.15) is 11.6 Å². The van der Waals surface area contributed by atoms with E-state index >= 15 is 4.39 Å². The topological polar surface area (TPSA) is 50.7 Å². The van der Waals surface area contributed by atoms with Gasteiger partial charge in [-0.15, -0.1) is 0 Å². The van der Waals surface area contributed by atoms with Gasteiger partial charge in [0, 0.05) is 40.6 Å². The molecule has 2 heterocycles. The van der Waals surface area contributed by atoms with Gasteiger partial charge in [-0.2, -0.15) is 0 Å². The van der Waals surface area contributed by atoms with Crippen molar-refractivity contribution in [3.8, 4) is 22.5 Å². The SMILES string of the molecule is CNc1nc(-c2cccnc2)nc2ccc(-c3cc(Cl)cc(Cl)c3)c(F)c12. The highest BCUT2D eigenvalue weighted by atomic mass is 35.5. The van der Waals surface area contributed by atoms with Crippen molar-refractivity contribution in [2.45, 2.75) is 0 Å². The van der Waals surface area contributed by atoms with E-state index in [1.807, 2.05) is 6.07 Å². The van der Waals surface area contributed by atoms with Gasteiger partial charge in [0.25, 0.3) is 0 Å². The Labute approximate surface area is 165 Å². The molecule has 0 aliphatic heterocycles. The molecule has 4 nitrogen and oxygen atoms in total. The molecule has 0 aliphatic rings. The Bertz CT molecular complexity index is 1130. The molecule has 0 saturated heterocycles. The molecule has 7 heteroatoms. The average molecular weight is 399 g/mol. The van der Waals surface area contributed by atoms with E-state index in [0.29, 0.717) is 43.7 Å². The quantitative estimate of drug-likeness (QED) is 0.470. The van der Waals surface area contributed by atoms with Gasteiger partial charge in [0.2, 0.25) is 0 Å². The first-order valence-corrected chi connectivity index (χ1v) is 8.87. The Morgan fingerprint density at radius 2 is 1.74 bits per heavy atom. The third-order valence-electron chi connectivity index (χ3n) is 4.13. The van der Waals surface area contributed by atoms with Gasteiger partial charge < -0.3 is 5.32 Å². The molecule has 0 atom stereocenters. The monoisotopic (exact) mass is 398 g/mol. The van der Waals surface area contributed by atoms with Crippen molar-refractivity contribution in [2.75, 3.05) is 12.4 Å². The summed E-state index contributed by atoms with van der Waals surface area (Å²) in [5.41, 5.74) is 2.20. The minimum Gasteiger partial charge on any atom is -0.372 e. The molecule has 0 amide bonds. The van der Waals surface area contributed by atoms with E-state index in [-0.39, 0.29) is 0 Å². The molecule has 4 aromatic rings. The zero-order valence-corrected chi connectivity index (χ0v) is 15.7. The third kappa shape index (κ3) is 3.31. The maximum absolute atomic E-state index is 15.4. The maximum Gasteiger partial charge on any atom is 0.163 e. The minimum absolute atomic E-state index is 0.304. The molecule has 0 unspecified atom stereocenters. The number of hydrogen-bond acceptors (Lipinski definition) is 4. The summed E-state index contributed by atoms with van der Waals surface area (Å²) < 4.78 is 15.4. The number of nitrogens with one attached hydrogen (secondary N) is 1. The second-order valence-electron chi connectivity index (χ2n) is 5.87. The van der Waals surface area contributed by atoms with Crippen LogP contribution in [-0.2, 0) is 0 Å². The van der Waals surface area contributed by atoms with E-state index in [2.05, 4.69) is 20.3 Å². The molecule has 134 valence electrons. The van der Waals surface area contributed by atoms with Crippen LogP contribution in [0.2, 0.25) is 10.0 Å². The summed E-state index contributed by atoms with van der Waals surface area (Å²) in [6, 6.07) is 12.0. The summed E-state index contributed by atoms with van der Waals surface area (Å²) in [6.45, 7) is 0. The van der Waals surface area contributed by atoms with E-state index in [0.717, 1.165) is 5.56 Å². The van der Waals surface area contributed by atoms with Crippen LogP contribution in [0.25, 0.3) is 33.4 Å². The number of benzene rings is 2. The Morgan fingerprint density at radius 1 is 0.963 bits per heavy atom. The van der Waals surface area contributed by atoms with Crippen LogP contribution < -0.4 is 5.32 Å². The van der Waals surface area contributed by atoms with Crippen molar-refractivity contribution in [2.24, 2.45) is 0 Å². The fourth-order valence-electron chi connectivity index (χ4n) is 2.92. The second-order valence-corrected chi connectivity index (χ2v) is 6.74. The van der Waals surface area contributed by atoms with Crippen molar-refractivity contribution in [1.82, 2.24) is 15.0 Å². The fraction of sp³-hybridized carbons (Fsp3) is 0.0500. The van der Waals surface area contributed by atoms with Crippen LogP contribution in [0.3, 0.4) is 0 Å². The molecule has 0 bridgehead atoms. The lowest BCUT2D eigenvalue weighted by Gasteiger charge is -2.12. The van der Waals surface area contributed by atoms with Crippen LogP contribution in [0, 0.1) is 5.82 Å². The van der Waals surface area contributed by atoms with Gasteiger partial charge in [-0.3, -0.25) is 4.98 Å². The molecule has 27 heavy (non-hydrogen) atoms. The van der Waals surface area contributed by atoms with Gasteiger partial charge >= 0.3 is 0 Å². The van der Waals surface area contributed by atoms with E-state index in [1.54, 1.807) is 55.8 Å². The Balaban J connectivity index is 1.95. The van der Waals surface area contributed by atoms with Crippen LogP contribution in [0.4, 0.5) is 10.2 Å². The normalized spacial score (nSPS) is 11.0. The smallest absolute Gasteiger partial charge is 0.163 e. The lowest BCUT2D eigenvalue weighted by atomic mass is 10.0. The first kappa shape index (κ1) is 17.6. The van der Waals surface area contributed by atoms with Crippen molar-refractivity contribution in [1.29, 1.82) is 0 Å². The van der Waals surface area contributed by atoms with E-state index in [1.165, 1.54) is 0 Å². The fourth-order valence-corrected chi connectivity index (χ4v) is 3.45. The van der Waals surface area contributed by atoms with Gasteiger partial charge in [0.15, 0.2) is 5.82 Å². The zero-order chi connectivity index (χ0) is 19.0. The number of hydrogen-bond donors (Lipinski definition) is 1. The predicted molar refractivity (Wildman–Crippen MR) is 108 cm³/mol. The highest BCUT2D eigenvalue weighted by molar-refractivity contribution is 6.35. The van der Waals surface area contributed by atoms with E-state index in [9.17, 15) is 0 Å². The first-order valence-electron chi connectivity index (χ1n) is 8.11.